The molecular weight excluding hydrogens is 268 g/mol. The Labute approximate surface area is 114 Å². The SMILES string of the molecule is CCC(C(=O)O)S(=O)(=O)C1CCOC2(CCCC2)C1. The van der Waals surface area contributed by atoms with Gasteiger partial charge in [0, 0.05) is 6.61 Å². The van der Waals surface area contributed by atoms with Gasteiger partial charge in [0.1, 0.15) is 0 Å². The summed E-state index contributed by atoms with van der Waals surface area (Å²) in [6.45, 7) is 2.04. The Balaban J connectivity index is 2.18. The molecule has 2 rings (SSSR count). The van der Waals surface area contributed by atoms with E-state index in [9.17, 15) is 13.2 Å². The highest BCUT2D eigenvalue weighted by Gasteiger charge is 2.47. The normalized spacial score (nSPS) is 28.4. The number of carboxylic acid groups (broad SMARTS) is 1. The molecule has 19 heavy (non-hydrogen) atoms. The van der Waals surface area contributed by atoms with Crippen LogP contribution in [0.3, 0.4) is 0 Å². The van der Waals surface area contributed by atoms with Crippen LogP contribution in [0, 0.1) is 0 Å². The van der Waals surface area contributed by atoms with Gasteiger partial charge < -0.3 is 9.84 Å². The zero-order valence-corrected chi connectivity index (χ0v) is 12.1. The first-order valence-corrected chi connectivity index (χ1v) is 8.62. The molecule has 2 unspecified atom stereocenters. The van der Waals surface area contributed by atoms with Crippen molar-refractivity contribution >= 4 is 15.8 Å². The van der Waals surface area contributed by atoms with Crippen molar-refractivity contribution in [3.8, 4) is 0 Å². The van der Waals surface area contributed by atoms with Crippen molar-refractivity contribution < 1.29 is 23.1 Å². The minimum absolute atomic E-state index is 0.127. The minimum atomic E-state index is -3.62. The fourth-order valence-corrected chi connectivity index (χ4v) is 5.58. The topological polar surface area (TPSA) is 80.7 Å². The smallest absolute Gasteiger partial charge is 0.321 e. The molecule has 0 bridgehead atoms. The van der Waals surface area contributed by atoms with Crippen LogP contribution < -0.4 is 0 Å². The van der Waals surface area contributed by atoms with Crippen molar-refractivity contribution in [3.05, 3.63) is 0 Å². The third kappa shape index (κ3) is 2.79. The van der Waals surface area contributed by atoms with E-state index in [1.54, 1.807) is 6.92 Å². The van der Waals surface area contributed by atoms with E-state index >= 15 is 0 Å². The van der Waals surface area contributed by atoms with Crippen molar-refractivity contribution in [3.63, 3.8) is 0 Å². The van der Waals surface area contributed by atoms with Crippen molar-refractivity contribution in [2.24, 2.45) is 0 Å². The molecule has 0 aromatic rings. The molecule has 6 heteroatoms. The molecule has 0 radical (unpaired) electrons. The Morgan fingerprint density at radius 2 is 2.05 bits per heavy atom. The molecule has 2 fully saturated rings. The molecule has 1 heterocycles. The highest BCUT2D eigenvalue weighted by molar-refractivity contribution is 7.93. The van der Waals surface area contributed by atoms with Gasteiger partial charge in [0.05, 0.1) is 10.9 Å². The highest BCUT2D eigenvalue weighted by Crippen LogP contribution is 2.42. The second-order valence-electron chi connectivity index (χ2n) is 5.68. The maximum absolute atomic E-state index is 12.5. The monoisotopic (exact) mass is 290 g/mol. The number of ether oxygens (including phenoxy) is 1. The molecule has 2 aliphatic rings. The van der Waals surface area contributed by atoms with Crippen LogP contribution >= 0.6 is 0 Å². The average Bonchev–Trinajstić information content (AvgIpc) is 2.77. The van der Waals surface area contributed by atoms with Gasteiger partial charge in [-0.1, -0.05) is 19.8 Å². The number of hydrogen-bond acceptors (Lipinski definition) is 4. The largest absolute Gasteiger partial charge is 0.480 e. The van der Waals surface area contributed by atoms with Crippen molar-refractivity contribution in [1.29, 1.82) is 0 Å². The van der Waals surface area contributed by atoms with Gasteiger partial charge in [-0.05, 0) is 32.1 Å². The van der Waals surface area contributed by atoms with Crippen LogP contribution in [0.2, 0.25) is 0 Å². The molecule has 0 amide bonds. The summed E-state index contributed by atoms with van der Waals surface area (Å²) >= 11 is 0. The van der Waals surface area contributed by atoms with E-state index in [2.05, 4.69) is 0 Å². The van der Waals surface area contributed by atoms with Crippen LogP contribution in [0.5, 0.6) is 0 Å². The van der Waals surface area contributed by atoms with Gasteiger partial charge in [-0.3, -0.25) is 4.79 Å². The van der Waals surface area contributed by atoms with Crippen LogP contribution in [0.15, 0.2) is 0 Å². The average molecular weight is 290 g/mol. The summed E-state index contributed by atoms with van der Waals surface area (Å²) < 4.78 is 30.7. The number of aliphatic carboxylic acids is 1. The predicted octanol–water partition coefficient (Wildman–Crippen LogP) is 1.76. The summed E-state index contributed by atoms with van der Waals surface area (Å²) in [6, 6.07) is 0. The lowest BCUT2D eigenvalue weighted by Crippen LogP contribution is -2.46. The minimum Gasteiger partial charge on any atom is -0.480 e. The third-order valence-corrected chi connectivity index (χ3v) is 7.13. The van der Waals surface area contributed by atoms with Crippen LogP contribution in [0.25, 0.3) is 0 Å². The van der Waals surface area contributed by atoms with Crippen molar-refractivity contribution in [2.45, 2.75) is 68.0 Å². The van der Waals surface area contributed by atoms with Crippen LogP contribution in [0.4, 0.5) is 0 Å². The van der Waals surface area contributed by atoms with E-state index in [4.69, 9.17) is 9.84 Å². The standard InChI is InChI=1S/C13H22O5S/c1-2-11(12(14)15)19(16,17)10-5-8-18-13(9-10)6-3-4-7-13/h10-11H,2-9H2,1H3,(H,14,15). The highest BCUT2D eigenvalue weighted by atomic mass is 32.2. The van der Waals surface area contributed by atoms with Gasteiger partial charge in [0.2, 0.25) is 0 Å². The molecule has 5 nitrogen and oxygen atoms in total. The van der Waals surface area contributed by atoms with Gasteiger partial charge in [0.25, 0.3) is 0 Å². The van der Waals surface area contributed by atoms with Crippen molar-refractivity contribution in [1.82, 2.24) is 0 Å². The number of carbonyl (C=O) groups is 1. The van der Waals surface area contributed by atoms with Gasteiger partial charge in [-0.2, -0.15) is 0 Å². The summed E-state index contributed by atoms with van der Waals surface area (Å²) in [5.41, 5.74) is -0.299. The second kappa shape index (κ2) is 5.40. The van der Waals surface area contributed by atoms with Gasteiger partial charge in [-0.15, -0.1) is 0 Å². The fraction of sp³-hybridized carbons (Fsp3) is 0.923. The van der Waals surface area contributed by atoms with E-state index in [-0.39, 0.29) is 12.0 Å². The lowest BCUT2D eigenvalue weighted by Gasteiger charge is -2.38. The van der Waals surface area contributed by atoms with Gasteiger partial charge >= 0.3 is 5.97 Å². The third-order valence-electron chi connectivity index (χ3n) is 4.47. The molecule has 1 saturated heterocycles. The Morgan fingerprint density at radius 1 is 1.42 bits per heavy atom. The first kappa shape index (κ1) is 14.8. The number of carboxylic acids is 1. The summed E-state index contributed by atoms with van der Waals surface area (Å²) in [5, 5.41) is 7.26. The molecular formula is C13H22O5S. The van der Waals surface area contributed by atoms with Crippen LogP contribution in [0.1, 0.15) is 51.9 Å². The molecule has 1 saturated carbocycles. The molecule has 1 aliphatic carbocycles. The number of hydrogen-bond donors (Lipinski definition) is 1. The zero-order valence-electron chi connectivity index (χ0n) is 11.3. The molecule has 110 valence electrons. The summed E-state index contributed by atoms with van der Waals surface area (Å²) in [5.74, 6) is -1.23. The molecule has 0 aromatic heterocycles. The maximum Gasteiger partial charge on any atom is 0.321 e. The van der Waals surface area contributed by atoms with E-state index in [0.29, 0.717) is 19.4 Å². The predicted molar refractivity (Wildman–Crippen MR) is 70.8 cm³/mol. The van der Waals surface area contributed by atoms with Crippen molar-refractivity contribution in [2.75, 3.05) is 6.61 Å². The zero-order chi connectivity index (χ0) is 14.1. The van der Waals surface area contributed by atoms with Gasteiger partial charge in [-0.25, -0.2) is 8.42 Å². The van der Waals surface area contributed by atoms with E-state index < -0.39 is 26.3 Å². The summed E-state index contributed by atoms with van der Waals surface area (Å²) in [7, 11) is -3.62. The lowest BCUT2D eigenvalue weighted by molar-refractivity contribution is -0.136. The molecule has 1 aliphatic heterocycles. The van der Waals surface area contributed by atoms with Gasteiger partial charge in [0.15, 0.2) is 15.1 Å². The van der Waals surface area contributed by atoms with E-state index in [1.807, 2.05) is 0 Å². The number of sulfone groups is 1. The molecule has 2 atom stereocenters. The first-order chi connectivity index (χ1) is 8.91. The molecule has 1 N–H and O–H groups in total. The summed E-state index contributed by atoms with van der Waals surface area (Å²) in [4.78, 5) is 11.1. The maximum atomic E-state index is 12.5. The number of rotatable bonds is 4. The molecule has 1 spiro atoms. The first-order valence-electron chi connectivity index (χ1n) is 7.01. The molecule has 0 aromatic carbocycles. The van der Waals surface area contributed by atoms with E-state index in [0.717, 1.165) is 25.7 Å². The Bertz CT molecular complexity index is 436. The Morgan fingerprint density at radius 3 is 2.58 bits per heavy atom. The van der Waals surface area contributed by atoms with E-state index in [1.165, 1.54) is 0 Å². The lowest BCUT2D eigenvalue weighted by atomic mass is 9.92. The fourth-order valence-electron chi connectivity index (χ4n) is 3.41. The second-order valence-corrected chi connectivity index (χ2v) is 8.09. The van der Waals surface area contributed by atoms with Crippen LogP contribution in [-0.2, 0) is 19.4 Å². The summed E-state index contributed by atoms with van der Waals surface area (Å²) in [6.07, 6.45) is 4.98. The quantitative estimate of drug-likeness (QED) is 0.853. The Kier molecular flexibility index (Phi) is 4.20. The Hall–Kier alpha value is -0.620. The van der Waals surface area contributed by atoms with Crippen LogP contribution in [-0.4, -0.2) is 42.2 Å².